The molecule has 1 N–H and O–H groups in total. The first-order valence-corrected chi connectivity index (χ1v) is 4.79. The Kier molecular flexibility index (Phi) is 2.74. The van der Waals surface area contributed by atoms with Crippen molar-refractivity contribution >= 4 is 17.5 Å². The second-order valence-electron chi connectivity index (χ2n) is 2.66. The van der Waals surface area contributed by atoms with Gasteiger partial charge in [0.2, 0.25) is 0 Å². The average Bonchev–Trinajstić information content (AvgIpc) is 2.34. The Hall–Kier alpha value is -0.0200. The van der Waals surface area contributed by atoms with Crippen LogP contribution in [0.2, 0.25) is 0 Å². The molecule has 0 aromatic rings. The summed E-state index contributed by atoms with van der Waals surface area (Å²) < 4.78 is 0. The number of hydrogen-bond acceptors (Lipinski definition) is 3. The quantitative estimate of drug-likeness (QED) is 0.642. The van der Waals surface area contributed by atoms with E-state index in [4.69, 9.17) is 0 Å². The van der Waals surface area contributed by atoms with Gasteiger partial charge >= 0.3 is 0 Å². The predicted octanol–water partition coefficient (Wildman–Crippen LogP) is 0.669. The molecule has 0 amide bonds. The number of thioether (sulfide) groups is 1. The Labute approximate surface area is 65.8 Å². The van der Waals surface area contributed by atoms with Crippen molar-refractivity contribution in [3.8, 4) is 0 Å². The van der Waals surface area contributed by atoms with Gasteiger partial charge in [-0.1, -0.05) is 0 Å². The van der Waals surface area contributed by atoms with Crippen molar-refractivity contribution in [2.75, 3.05) is 12.8 Å². The molecule has 1 saturated heterocycles. The molecule has 2 nitrogen and oxygen atoms in total. The summed E-state index contributed by atoms with van der Waals surface area (Å²) >= 11 is 1.84. The van der Waals surface area contributed by atoms with Crippen LogP contribution in [-0.2, 0) is 4.79 Å². The number of nitrogens with one attached hydrogen (secondary N) is 1. The molecular weight excluding hydrogens is 146 g/mol. The van der Waals surface area contributed by atoms with E-state index in [1.807, 2.05) is 11.8 Å². The average molecular weight is 159 g/mol. The number of carbonyl (C=O) groups excluding carboxylic acids is 1. The zero-order valence-corrected chi connectivity index (χ0v) is 7.20. The first-order valence-electron chi connectivity index (χ1n) is 3.50. The van der Waals surface area contributed by atoms with E-state index >= 15 is 0 Å². The van der Waals surface area contributed by atoms with Gasteiger partial charge in [-0.15, -0.1) is 0 Å². The van der Waals surface area contributed by atoms with E-state index < -0.39 is 0 Å². The van der Waals surface area contributed by atoms with Crippen LogP contribution in [0.4, 0.5) is 0 Å². The Morgan fingerprint density at radius 2 is 2.40 bits per heavy atom. The number of ketones is 1. The van der Waals surface area contributed by atoms with Crippen molar-refractivity contribution in [2.24, 2.45) is 0 Å². The summed E-state index contributed by atoms with van der Waals surface area (Å²) in [5.41, 5.74) is 0. The van der Waals surface area contributed by atoms with E-state index in [9.17, 15) is 4.79 Å². The molecule has 1 rings (SSSR count). The minimum atomic E-state index is 0.137. The van der Waals surface area contributed by atoms with Gasteiger partial charge in [-0.3, -0.25) is 4.79 Å². The number of Topliss-reactive ketones (excluding diaryl/α,β-unsaturated/α-hetero) is 1. The van der Waals surface area contributed by atoms with Gasteiger partial charge in [-0.2, -0.15) is 11.8 Å². The molecule has 1 aliphatic heterocycles. The predicted molar refractivity (Wildman–Crippen MR) is 44.4 cm³/mol. The first kappa shape index (κ1) is 8.08. The van der Waals surface area contributed by atoms with Gasteiger partial charge in [-0.25, -0.2) is 0 Å². The van der Waals surface area contributed by atoms with Gasteiger partial charge in [0.25, 0.3) is 0 Å². The molecule has 0 radical (unpaired) electrons. The van der Waals surface area contributed by atoms with E-state index in [0.29, 0.717) is 5.25 Å². The molecule has 1 heterocycles. The molecule has 0 bridgehead atoms. The van der Waals surface area contributed by atoms with E-state index in [-0.39, 0.29) is 11.8 Å². The summed E-state index contributed by atoms with van der Waals surface area (Å²) in [6, 6.07) is 0.137. The van der Waals surface area contributed by atoms with E-state index in [1.54, 1.807) is 6.92 Å². The van der Waals surface area contributed by atoms with Crippen LogP contribution < -0.4 is 5.32 Å². The fraction of sp³-hybridized carbons (Fsp3) is 0.857. The first-order chi connectivity index (χ1) is 4.74. The standard InChI is InChI=1S/C7H13NOS/c1-5(9)7-3-6(10-2)4-8-7/h6-8H,3-4H2,1-2H3/t6-,7-/m0/s1. The lowest BCUT2D eigenvalue weighted by molar-refractivity contribution is -0.118. The van der Waals surface area contributed by atoms with Crippen molar-refractivity contribution < 1.29 is 4.79 Å². The van der Waals surface area contributed by atoms with E-state index in [2.05, 4.69) is 11.6 Å². The minimum absolute atomic E-state index is 0.137. The highest BCUT2D eigenvalue weighted by atomic mass is 32.2. The summed E-state index contributed by atoms with van der Waals surface area (Å²) in [5.74, 6) is 0.275. The highest BCUT2D eigenvalue weighted by molar-refractivity contribution is 7.99. The largest absolute Gasteiger partial charge is 0.306 e. The fourth-order valence-electron chi connectivity index (χ4n) is 1.19. The molecule has 3 heteroatoms. The van der Waals surface area contributed by atoms with Crippen LogP contribution in [0.5, 0.6) is 0 Å². The molecule has 0 saturated carbocycles. The Bertz CT molecular complexity index is 138. The summed E-state index contributed by atoms with van der Waals surface area (Å²) in [6.45, 7) is 2.64. The third-order valence-electron chi connectivity index (χ3n) is 1.91. The van der Waals surface area contributed by atoms with Crippen LogP contribution in [0.1, 0.15) is 13.3 Å². The lowest BCUT2D eigenvalue weighted by Crippen LogP contribution is -2.28. The van der Waals surface area contributed by atoms with Crippen LogP contribution in [0, 0.1) is 0 Å². The zero-order chi connectivity index (χ0) is 7.56. The van der Waals surface area contributed by atoms with Crippen molar-refractivity contribution in [3.05, 3.63) is 0 Å². The van der Waals surface area contributed by atoms with Crippen LogP contribution in [-0.4, -0.2) is 29.9 Å². The SMILES string of the molecule is CS[C@@H]1CN[C@H](C(C)=O)C1. The van der Waals surface area contributed by atoms with Gasteiger partial charge in [0.1, 0.15) is 5.78 Å². The molecule has 58 valence electrons. The van der Waals surface area contributed by atoms with Crippen LogP contribution in [0.15, 0.2) is 0 Å². The lowest BCUT2D eigenvalue weighted by atomic mass is 10.2. The monoisotopic (exact) mass is 159 g/mol. The minimum Gasteiger partial charge on any atom is -0.306 e. The number of rotatable bonds is 2. The number of hydrogen-bond donors (Lipinski definition) is 1. The van der Waals surface area contributed by atoms with Crippen LogP contribution >= 0.6 is 11.8 Å². The lowest BCUT2D eigenvalue weighted by Gasteiger charge is -2.03. The van der Waals surface area contributed by atoms with Crippen LogP contribution in [0.25, 0.3) is 0 Å². The molecule has 2 atom stereocenters. The maximum absolute atomic E-state index is 10.8. The third-order valence-corrected chi connectivity index (χ3v) is 2.94. The zero-order valence-electron chi connectivity index (χ0n) is 6.39. The van der Waals surface area contributed by atoms with E-state index in [0.717, 1.165) is 13.0 Å². The van der Waals surface area contributed by atoms with Crippen LogP contribution in [0.3, 0.4) is 0 Å². The summed E-state index contributed by atoms with van der Waals surface area (Å²) in [5, 5.41) is 3.83. The third kappa shape index (κ3) is 1.73. The molecule has 0 aromatic heterocycles. The fourth-order valence-corrected chi connectivity index (χ4v) is 1.84. The summed E-state index contributed by atoms with van der Waals surface area (Å²) in [4.78, 5) is 10.8. The van der Waals surface area contributed by atoms with Crippen molar-refractivity contribution in [2.45, 2.75) is 24.6 Å². The van der Waals surface area contributed by atoms with Crippen molar-refractivity contribution in [3.63, 3.8) is 0 Å². The smallest absolute Gasteiger partial charge is 0.146 e. The second-order valence-corrected chi connectivity index (χ2v) is 3.80. The topological polar surface area (TPSA) is 29.1 Å². The van der Waals surface area contributed by atoms with Crippen molar-refractivity contribution in [1.82, 2.24) is 5.32 Å². The molecular formula is C7H13NOS. The van der Waals surface area contributed by atoms with Crippen molar-refractivity contribution in [1.29, 1.82) is 0 Å². The highest BCUT2D eigenvalue weighted by Crippen LogP contribution is 2.18. The van der Waals surface area contributed by atoms with Gasteiger partial charge in [-0.05, 0) is 19.6 Å². The molecule has 0 unspecified atom stereocenters. The van der Waals surface area contributed by atoms with Gasteiger partial charge in [0.05, 0.1) is 6.04 Å². The molecule has 0 aromatic carbocycles. The maximum Gasteiger partial charge on any atom is 0.146 e. The molecule has 1 fully saturated rings. The second kappa shape index (κ2) is 3.39. The summed E-state index contributed by atoms with van der Waals surface area (Å²) in [7, 11) is 0. The molecule has 0 aliphatic carbocycles. The van der Waals surface area contributed by atoms with Gasteiger partial charge in [0, 0.05) is 11.8 Å². The van der Waals surface area contributed by atoms with Gasteiger partial charge in [0.15, 0.2) is 0 Å². The maximum atomic E-state index is 10.8. The Balaban J connectivity index is 2.35. The Morgan fingerprint density at radius 1 is 1.70 bits per heavy atom. The van der Waals surface area contributed by atoms with Gasteiger partial charge < -0.3 is 5.32 Å². The van der Waals surface area contributed by atoms with E-state index in [1.165, 1.54) is 0 Å². The molecule has 1 aliphatic rings. The normalized spacial score (nSPS) is 32.6. The number of carbonyl (C=O) groups is 1. The Morgan fingerprint density at radius 3 is 2.70 bits per heavy atom. The highest BCUT2D eigenvalue weighted by Gasteiger charge is 2.25. The molecule has 0 spiro atoms. The summed E-state index contributed by atoms with van der Waals surface area (Å²) in [6.07, 6.45) is 3.10. The molecule has 10 heavy (non-hydrogen) atoms.